The Bertz CT molecular complexity index is 698. The van der Waals surface area contributed by atoms with Crippen LogP contribution in [-0.2, 0) is 4.79 Å². The van der Waals surface area contributed by atoms with Gasteiger partial charge in [0.05, 0.1) is 20.3 Å². The first kappa shape index (κ1) is 15.8. The van der Waals surface area contributed by atoms with Gasteiger partial charge in [-0.15, -0.1) is 12.6 Å². The predicted octanol–water partition coefficient (Wildman–Crippen LogP) is 1.57. The number of para-hydroxylation sites is 1. The third-order valence-corrected chi connectivity index (χ3v) is 2.92. The summed E-state index contributed by atoms with van der Waals surface area (Å²) in [6.45, 7) is 0. The second kappa shape index (κ2) is 6.90. The Morgan fingerprint density at radius 1 is 1.05 bits per heavy atom. The lowest BCUT2D eigenvalue weighted by atomic mass is 10.3. The lowest BCUT2D eigenvalue weighted by Crippen LogP contribution is -2.23. The Morgan fingerprint density at radius 3 is 2.18 bits per heavy atom. The van der Waals surface area contributed by atoms with Crippen molar-refractivity contribution in [3.8, 4) is 17.5 Å². The topological polar surface area (TPSA) is 87.6 Å². The quantitative estimate of drug-likeness (QED) is 0.294. The maximum absolute atomic E-state index is 12.1. The van der Waals surface area contributed by atoms with Crippen molar-refractivity contribution in [2.45, 2.75) is 4.90 Å². The van der Waals surface area contributed by atoms with Crippen molar-refractivity contribution in [3.05, 3.63) is 36.2 Å². The molecule has 1 aromatic carbocycles. The van der Waals surface area contributed by atoms with E-state index in [2.05, 4.69) is 22.6 Å². The Labute approximate surface area is 131 Å². The van der Waals surface area contributed by atoms with E-state index in [1.165, 1.54) is 26.4 Å². The number of carbonyl (C=O) groups excluding carboxylic acids is 2. The van der Waals surface area contributed by atoms with Crippen molar-refractivity contribution < 1.29 is 23.8 Å². The molecular weight excluding hydrogens is 308 g/mol. The number of ketones is 1. The Hall–Kier alpha value is -2.61. The van der Waals surface area contributed by atoms with Gasteiger partial charge in [-0.1, -0.05) is 12.1 Å². The van der Waals surface area contributed by atoms with E-state index in [1.54, 1.807) is 18.2 Å². The van der Waals surface area contributed by atoms with Crippen molar-refractivity contribution >= 4 is 24.4 Å². The van der Waals surface area contributed by atoms with Crippen molar-refractivity contribution in [2.24, 2.45) is 0 Å². The average Bonchev–Trinajstić information content (AvgIpc) is 2.55. The van der Waals surface area contributed by atoms with E-state index in [0.29, 0.717) is 4.90 Å². The van der Waals surface area contributed by atoms with E-state index in [4.69, 9.17) is 14.2 Å². The number of thiol groups is 1. The first-order chi connectivity index (χ1) is 10.5. The molecule has 0 bridgehead atoms. The maximum atomic E-state index is 12.1. The molecule has 2 rings (SSSR count). The summed E-state index contributed by atoms with van der Waals surface area (Å²) in [5.74, 6) is -2.17. The van der Waals surface area contributed by atoms with Crippen LogP contribution in [0.25, 0.3) is 0 Å². The van der Waals surface area contributed by atoms with Crippen LogP contribution in [-0.4, -0.2) is 35.9 Å². The maximum Gasteiger partial charge on any atom is 0.388 e. The number of esters is 1. The van der Waals surface area contributed by atoms with E-state index in [9.17, 15) is 9.59 Å². The molecule has 8 heteroatoms. The molecule has 0 unspecified atom stereocenters. The highest BCUT2D eigenvalue weighted by atomic mass is 32.1. The van der Waals surface area contributed by atoms with Gasteiger partial charge in [-0.25, -0.2) is 4.79 Å². The van der Waals surface area contributed by atoms with Crippen molar-refractivity contribution in [1.82, 2.24) is 9.97 Å². The Morgan fingerprint density at radius 2 is 1.64 bits per heavy atom. The molecule has 0 radical (unpaired) electrons. The Kier molecular flexibility index (Phi) is 4.95. The lowest BCUT2D eigenvalue weighted by Gasteiger charge is -2.07. The van der Waals surface area contributed by atoms with Crippen LogP contribution in [0.1, 0.15) is 10.6 Å². The molecule has 0 spiro atoms. The van der Waals surface area contributed by atoms with Gasteiger partial charge in [-0.2, -0.15) is 9.97 Å². The van der Waals surface area contributed by atoms with Gasteiger partial charge in [0.25, 0.3) is 0 Å². The first-order valence-electron chi connectivity index (χ1n) is 6.06. The van der Waals surface area contributed by atoms with Gasteiger partial charge in [0.15, 0.2) is 0 Å². The summed E-state index contributed by atoms with van der Waals surface area (Å²) in [4.78, 5) is 32.0. The standard InChI is InChI=1S/C14H12N2O5S/c1-19-10-7-11(20-2)16-13(15-10)12(17)14(18)21-8-5-3-4-6-9(8)22/h3-7,22H,1-2H3. The molecule has 114 valence electrons. The van der Waals surface area contributed by atoms with Crippen LogP contribution in [0.2, 0.25) is 0 Å². The summed E-state index contributed by atoms with van der Waals surface area (Å²) in [6.07, 6.45) is 0. The van der Waals surface area contributed by atoms with Crippen LogP contribution in [0.3, 0.4) is 0 Å². The highest BCUT2D eigenvalue weighted by molar-refractivity contribution is 7.80. The van der Waals surface area contributed by atoms with Crippen LogP contribution in [0.15, 0.2) is 35.2 Å². The SMILES string of the molecule is COc1cc(OC)nc(C(=O)C(=O)Oc2ccccc2S)n1. The fraction of sp³-hybridized carbons (Fsp3) is 0.143. The minimum Gasteiger partial charge on any atom is -0.481 e. The van der Waals surface area contributed by atoms with Gasteiger partial charge in [-0.3, -0.25) is 4.79 Å². The average molecular weight is 320 g/mol. The van der Waals surface area contributed by atoms with E-state index in [0.717, 1.165) is 0 Å². The third-order valence-electron chi connectivity index (χ3n) is 2.55. The summed E-state index contributed by atoms with van der Waals surface area (Å²) >= 11 is 4.13. The van der Waals surface area contributed by atoms with Gasteiger partial charge in [0.1, 0.15) is 5.75 Å². The summed E-state index contributed by atoms with van der Waals surface area (Å²) < 4.78 is 14.8. The highest BCUT2D eigenvalue weighted by Gasteiger charge is 2.24. The molecule has 0 saturated heterocycles. The summed E-state index contributed by atoms with van der Waals surface area (Å²) in [6, 6.07) is 7.89. The number of hydrogen-bond donors (Lipinski definition) is 1. The van der Waals surface area contributed by atoms with Crippen LogP contribution in [0, 0.1) is 0 Å². The summed E-state index contributed by atoms with van der Waals surface area (Å²) in [5, 5.41) is 0. The summed E-state index contributed by atoms with van der Waals surface area (Å²) in [5.41, 5.74) is 0. The molecule has 7 nitrogen and oxygen atoms in total. The van der Waals surface area contributed by atoms with Crippen molar-refractivity contribution in [1.29, 1.82) is 0 Å². The minimum absolute atomic E-state index is 0.0950. The smallest absolute Gasteiger partial charge is 0.388 e. The minimum atomic E-state index is -1.13. The molecule has 0 saturated carbocycles. The van der Waals surface area contributed by atoms with Crippen LogP contribution >= 0.6 is 12.6 Å². The molecule has 1 heterocycles. The molecule has 0 amide bonds. The molecule has 0 fully saturated rings. The van der Waals surface area contributed by atoms with Crippen LogP contribution in [0.4, 0.5) is 0 Å². The number of Topliss-reactive ketones (excluding diaryl/α,β-unsaturated/α-hetero) is 1. The fourth-order valence-corrected chi connectivity index (χ4v) is 1.70. The zero-order chi connectivity index (χ0) is 16.1. The number of ether oxygens (including phenoxy) is 3. The number of carbonyl (C=O) groups is 2. The zero-order valence-electron chi connectivity index (χ0n) is 11.8. The van der Waals surface area contributed by atoms with Gasteiger partial charge >= 0.3 is 11.8 Å². The number of benzene rings is 1. The Balaban J connectivity index is 2.24. The van der Waals surface area contributed by atoms with Gasteiger partial charge < -0.3 is 14.2 Å². The highest BCUT2D eigenvalue weighted by Crippen LogP contribution is 2.22. The van der Waals surface area contributed by atoms with Gasteiger partial charge in [0, 0.05) is 4.90 Å². The molecule has 0 atom stereocenters. The zero-order valence-corrected chi connectivity index (χ0v) is 12.7. The number of rotatable bonds is 5. The monoisotopic (exact) mass is 320 g/mol. The number of aromatic nitrogens is 2. The molecule has 0 aliphatic carbocycles. The molecular formula is C14H12N2O5S. The first-order valence-corrected chi connectivity index (χ1v) is 6.51. The van der Waals surface area contributed by atoms with Crippen molar-refractivity contribution in [3.63, 3.8) is 0 Å². The van der Waals surface area contributed by atoms with Crippen LogP contribution < -0.4 is 14.2 Å². The molecule has 22 heavy (non-hydrogen) atoms. The number of nitrogens with zero attached hydrogens (tertiary/aromatic N) is 2. The molecule has 2 aromatic rings. The second-order valence-corrected chi connectivity index (χ2v) is 4.44. The normalized spacial score (nSPS) is 9.95. The lowest BCUT2D eigenvalue weighted by molar-refractivity contribution is -0.129. The number of hydrogen-bond acceptors (Lipinski definition) is 8. The van der Waals surface area contributed by atoms with E-state index < -0.39 is 11.8 Å². The van der Waals surface area contributed by atoms with Crippen LogP contribution in [0.5, 0.6) is 17.5 Å². The van der Waals surface area contributed by atoms with E-state index in [1.807, 2.05) is 0 Å². The molecule has 0 aliphatic heterocycles. The van der Waals surface area contributed by atoms with Gasteiger partial charge in [0.2, 0.25) is 17.6 Å². The van der Waals surface area contributed by atoms with E-state index >= 15 is 0 Å². The molecule has 1 aromatic heterocycles. The molecule has 0 aliphatic rings. The van der Waals surface area contributed by atoms with Crippen molar-refractivity contribution in [2.75, 3.05) is 14.2 Å². The fourth-order valence-electron chi connectivity index (χ4n) is 1.50. The predicted molar refractivity (Wildman–Crippen MR) is 78.8 cm³/mol. The third kappa shape index (κ3) is 3.53. The largest absolute Gasteiger partial charge is 0.481 e. The van der Waals surface area contributed by atoms with E-state index in [-0.39, 0.29) is 23.3 Å². The number of methoxy groups -OCH3 is 2. The molecule has 0 N–H and O–H groups in total. The second-order valence-electron chi connectivity index (χ2n) is 3.96. The summed E-state index contributed by atoms with van der Waals surface area (Å²) in [7, 11) is 2.73. The van der Waals surface area contributed by atoms with Gasteiger partial charge in [-0.05, 0) is 12.1 Å².